The van der Waals surface area contributed by atoms with Crippen molar-refractivity contribution in [3.8, 4) is 0 Å². The van der Waals surface area contributed by atoms with Gasteiger partial charge in [-0.25, -0.2) is 9.97 Å². The summed E-state index contributed by atoms with van der Waals surface area (Å²) in [6, 6.07) is 1.91. The fraction of sp³-hybridized carbons (Fsp3) is 0.583. The molecule has 1 aromatic heterocycles. The van der Waals surface area contributed by atoms with E-state index in [0.29, 0.717) is 6.54 Å². The molecule has 0 amide bonds. The van der Waals surface area contributed by atoms with E-state index in [-0.39, 0.29) is 5.78 Å². The molecule has 0 atom stereocenters. The zero-order chi connectivity index (χ0) is 12.8. The van der Waals surface area contributed by atoms with Crippen LogP contribution in [-0.2, 0) is 4.79 Å². The molecule has 5 heteroatoms. The Balaban J connectivity index is 2.88. The lowest BCUT2D eigenvalue weighted by molar-refractivity contribution is -0.115. The molecule has 0 N–H and O–H groups in total. The van der Waals surface area contributed by atoms with Crippen LogP contribution in [-0.4, -0.2) is 42.4 Å². The van der Waals surface area contributed by atoms with Crippen LogP contribution in [0.5, 0.6) is 0 Å². The Kier molecular flexibility index (Phi) is 4.87. The van der Waals surface area contributed by atoms with Crippen molar-refractivity contribution in [2.75, 3.05) is 36.5 Å². The average molecular weight is 236 g/mol. The van der Waals surface area contributed by atoms with E-state index >= 15 is 0 Å². The van der Waals surface area contributed by atoms with Crippen molar-refractivity contribution < 1.29 is 4.79 Å². The molecule has 0 aliphatic heterocycles. The molecule has 1 rings (SSSR count). The first-order chi connectivity index (χ1) is 8.08. The minimum absolute atomic E-state index is 0.121. The van der Waals surface area contributed by atoms with Crippen LogP contribution in [0.15, 0.2) is 12.4 Å². The van der Waals surface area contributed by atoms with Gasteiger partial charge in [-0.15, -0.1) is 0 Å². The lowest BCUT2D eigenvalue weighted by Crippen LogP contribution is -2.26. The molecule has 0 aromatic carbocycles. The number of likely N-dealkylation sites (N-methyl/N-ethyl adjacent to an activating group) is 1. The predicted molar refractivity (Wildman–Crippen MR) is 69.5 cm³/mol. The highest BCUT2D eigenvalue weighted by atomic mass is 16.1. The van der Waals surface area contributed by atoms with Gasteiger partial charge in [0.05, 0.1) is 6.54 Å². The average Bonchev–Trinajstić information content (AvgIpc) is 2.30. The number of ketones is 1. The van der Waals surface area contributed by atoms with Gasteiger partial charge in [0.2, 0.25) is 0 Å². The van der Waals surface area contributed by atoms with Crippen LogP contribution in [0.4, 0.5) is 11.6 Å². The third-order valence-electron chi connectivity index (χ3n) is 2.58. The second-order valence-corrected chi connectivity index (χ2v) is 3.96. The van der Waals surface area contributed by atoms with Gasteiger partial charge < -0.3 is 9.80 Å². The molecule has 5 nitrogen and oxygen atoms in total. The normalized spacial score (nSPS) is 10.1. The van der Waals surface area contributed by atoms with E-state index in [2.05, 4.69) is 28.7 Å². The van der Waals surface area contributed by atoms with Gasteiger partial charge in [0.15, 0.2) is 0 Å². The highest BCUT2D eigenvalue weighted by Gasteiger charge is 2.09. The van der Waals surface area contributed by atoms with Crippen LogP contribution >= 0.6 is 0 Å². The third-order valence-corrected chi connectivity index (χ3v) is 2.58. The summed E-state index contributed by atoms with van der Waals surface area (Å²) in [7, 11) is 1.86. The summed E-state index contributed by atoms with van der Waals surface area (Å²) >= 11 is 0. The zero-order valence-corrected chi connectivity index (χ0v) is 11.0. The number of Topliss-reactive ketones (excluding diaryl/α,β-unsaturated/α-hetero) is 1. The van der Waals surface area contributed by atoms with Crippen molar-refractivity contribution in [3.05, 3.63) is 12.4 Å². The molecular weight excluding hydrogens is 216 g/mol. The Labute approximate surface area is 102 Å². The molecule has 1 aromatic rings. The molecule has 0 saturated heterocycles. The highest BCUT2D eigenvalue weighted by molar-refractivity contribution is 5.80. The number of aromatic nitrogens is 2. The van der Waals surface area contributed by atoms with E-state index in [0.717, 1.165) is 24.7 Å². The lowest BCUT2D eigenvalue weighted by Gasteiger charge is -2.22. The van der Waals surface area contributed by atoms with Crippen molar-refractivity contribution in [2.45, 2.75) is 20.8 Å². The summed E-state index contributed by atoms with van der Waals surface area (Å²) in [5.41, 5.74) is 0. The summed E-state index contributed by atoms with van der Waals surface area (Å²) in [6.07, 6.45) is 1.54. The Morgan fingerprint density at radius 2 is 1.82 bits per heavy atom. The van der Waals surface area contributed by atoms with E-state index in [4.69, 9.17) is 0 Å². The monoisotopic (exact) mass is 236 g/mol. The van der Waals surface area contributed by atoms with E-state index < -0.39 is 0 Å². The molecule has 0 fully saturated rings. The first kappa shape index (κ1) is 13.4. The number of carbonyl (C=O) groups excluding carboxylic acids is 1. The van der Waals surface area contributed by atoms with Gasteiger partial charge in [0.25, 0.3) is 0 Å². The third kappa shape index (κ3) is 3.69. The fourth-order valence-corrected chi connectivity index (χ4v) is 1.68. The molecule has 0 bridgehead atoms. The van der Waals surface area contributed by atoms with E-state index in [1.807, 2.05) is 18.0 Å². The predicted octanol–water partition coefficient (Wildman–Crippen LogP) is 1.35. The van der Waals surface area contributed by atoms with Gasteiger partial charge in [0.1, 0.15) is 23.7 Å². The van der Waals surface area contributed by atoms with Crippen LogP contribution in [0.25, 0.3) is 0 Å². The SMILES string of the molecule is CCN(CC)c1cc(N(C)CC(C)=O)ncn1. The summed E-state index contributed by atoms with van der Waals surface area (Å²) in [5, 5.41) is 0. The molecule has 94 valence electrons. The van der Waals surface area contributed by atoms with Crippen molar-refractivity contribution in [1.29, 1.82) is 0 Å². The molecule has 0 spiro atoms. The second kappa shape index (κ2) is 6.18. The number of anilines is 2. The van der Waals surface area contributed by atoms with Crippen molar-refractivity contribution >= 4 is 17.4 Å². The summed E-state index contributed by atoms with van der Waals surface area (Å²) in [6.45, 7) is 7.93. The number of rotatable bonds is 6. The van der Waals surface area contributed by atoms with Crippen LogP contribution in [0.2, 0.25) is 0 Å². The van der Waals surface area contributed by atoms with Gasteiger partial charge in [-0.1, -0.05) is 0 Å². The molecule has 0 aliphatic rings. The lowest BCUT2D eigenvalue weighted by atomic mass is 10.4. The number of hydrogen-bond donors (Lipinski definition) is 0. The smallest absolute Gasteiger partial charge is 0.149 e. The van der Waals surface area contributed by atoms with Gasteiger partial charge in [-0.2, -0.15) is 0 Å². The Morgan fingerprint density at radius 3 is 2.35 bits per heavy atom. The van der Waals surface area contributed by atoms with E-state index in [1.165, 1.54) is 0 Å². The van der Waals surface area contributed by atoms with Crippen molar-refractivity contribution in [2.24, 2.45) is 0 Å². The molecule has 17 heavy (non-hydrogen) atoms. The van der Waals surface area contributed by atoms with Crippen LogP contribution in [0.1, 0.15) is 20.8 Å². The Hall–Kier alpha value is -1.65. The Morgan fingerprint density at radius 1 is 1.24 bits per heavy atom. The largest absolute Gasteiger partial charge is 0.357 e. The standard InChI is InChI=1S/C12H20N4O/c1-5-16(6-2)12-7-11(13-9-14-12)15(4)8-10(3)17/h7,9H,5-6,8H2,1-4H3. The second-order valence-electron chi connectivity index (χ2n) is 3.96. The molecular formula is C12H20N4O. The maximum atomic E-state index is 11.1. The Bertz CT molecular complexity index is 377. The fourth-order valence-electron chi connectivity index (χ4n) is 1.68. The zero-order valence-electron chi connectivity index (χ0n) is 11.0. The van der Waals surface area contributed by atoms with Gasteiger partial charge >= 0.3 is 0 Å². The molecule has 0 radical (unpaired) electrons. The highest BCUT2D eigenvalue weighted by Crippen LogP contribution is 2.16. The molecule has 0 saturated carbocycles. The first-order valence-corrected chi connectivity index (χ1v) is 5.86. The van der Waals surface area contributed by atoms with E-state index in [9.17, 15) is 4.79 Å². The van der Waals surface area contributed by atoms with Gasteiger partial charge in [0, 0.05) is 26.2 Å². The molecule has 0 unspecified atom stereocenters. The van der Waals surface area contributed by atoms with Crippen LogP contribution < -0.4 is 9.80 Å². The maximum Gasteiger partial charge on any atom is 0.149 e. The summed E-state index contributed by atoms with van der Waals surface area (Å²) in [5.74, 6) is 1.79. The van der Waals surface area contributed by atoms with Gasteiger partial charge in [-0.3, -0.25) is 4.79 Å². The number of nitrogens with zero attached hydrogens (tertiary/aromatic N) is 4. The van der Waals surface area contributed by atoms with Crippen molar-refractivity contribution in [1.82, 2.24) is 9.97 Å². The first-order valence-electron chi connectivity index (χ1n) is 5.86. The number of hydrogen-bond acceptors (Lipinski definition) is 5. The quantitative estimate of drug-likeness (QED) is 0.746. The van der Waals surface area contributed by atoms with Crippen LogP contribution in [0, 0.1) is 0 Å². The van der Waals surface area contributed by atoms with E-state index in [1.54, 1.807) is 13.3 Å². The maximum absolute atomic E-state index is 11.1. The molecule has 0 aliphatic carbocycles. The van der Waals surface area contributed by atoms with Crippen molar-refractivity contribution in [3.63, 3.8) is 0 Å². The summed E-state index contributed by atoms with van der Waals surface area (Å²) < 4.78 is 0. The minimum atomic E-state index is 0.121. The summed E-state index contributed by atoms with van der Waals surface area (Å²) in [4.78, 5) is 23.5. The minimum Gasteiger partial charge on any atom is -0.357 e. The molecule has 1 heterocycles. The van der Waals surface area contributed by atoms with Gasteiger partial charge in [-0.05, 0) is 20.8 Å². The van der Waals surface area contributed by atoms with Crippen LogP contribution in [0.3, 0.4) is 0 Å². The number of carbonyl (C=O) groups is 1. The topological polar surface area (TPSA) is 49.3 Å².